The van der Waals surface area contributed by atoms with Crippen molar-refractivity contribution in [3.63, 3.8) is 0 Å². The van der Waals surface area contributed by atoms with Gasteiger partial charge in [-0.25, -0.2) is 0 Å². The van der Waals surface area contributed by atoms with Crippen molar-refractivity contribution in [2.75, 3.05) is 5.73 Å². The van der Waals surface area contributed by atoms with E-state index in [0.717, 1.165) is 5.56 Å². The van der Waals surface area contributed by atoms with Crippen molar-refractivity contribution >= 4 is 11.5 Å². The Hall–Kier alpha value is -2.43. The van der Waals surface area contributed by atoms with Gasteiger partial charge >= 0.3 is 5.82 Å². The number of nitrogens with zero attached hydrogens (tertiary/aromatic N) is 2. The lowest BCUT2D eigenvalue weighted by Gasteiger charge is -2.02. The highest BCUT2D eigenvalue weighted by Gasteiger charge is 2.16. The Labute approximate surface area is 91.7 Å². The molecule has 80 valence electrons. The maximum atomic E-state index is 10.8. The summed E-state index contributed by atoms with van der Waals surface area (Å²) in [5.41, 5.74) is 7.15. The van der Waals surface area contributed by atoms with Gasteiger partial charge in [0, 0.05) is 0 Å². The van der Waals surface area contributed by atoms with Crippen LogP contribution in [0.5, 0.6) is 0 Å². The second kappa shape index (κ2) is 3.98. The largest absolute Gasteiger partial charge is 0.396 e. The predicted octanol–water partition coefficient (Wildman–Crippen LogP) is 2.24. The van der Waals surface area contributed by atoms with E-state index in [4.69, 9.17) is 5.73 Å². The molecule has 0 aliphatic heterocycles. The molecule has 2 rings (SSSR count). The van der Waals surface area contributed by atoms with Gasteiger partial charge in [0.15, 0.2) is 6.20 Å². The van der Waals surface area contributed by atoms with Crippen LogP contribution in [0.1, 0.15) is 0 Å². The second-order valence-electron chi connectivity index (χ2n) is 3.26. The fourth-order valence-electron chi connectivity index (χ4n) is 1.45. The molecule has 0 saturated heterocycles. The number of pyridine rings is 1. The molecule has 0 fully saturated rings. The Balaban J connectivity index is 2.63. The smallest absolute Gasteiger partial charge is 0.371 e. The normalized spacial score (nSPS) is 10.0. The van der Waals surface area contributed by atoms with Gasteiger partial charge in [-0.15, -0.1) is 0 Å². The summed E-state index contributed by atoms with van der Waals surface area (Å²) >= 11 is 0. The van der Waals surface area contributed by atoms with E-state index in [9.17, 15) is 10.1 Å². The van der Waals surface area contributed by atoms with Gasteiger partial charge in [0.25, 0.3) is 0 Å². The van der Waals surface area contributed by atoms with Crippen LogP contribution in [0.2, 0.25) is 0 Å². The molecule has 0 spiro atoms. The third-order valence-electron chi connectivity index (χ3n) is 2.15. The van der Waals surface area contributed by atoms with Crippen molar-refractivity contribution in [2.45, 2.75) is 0 Å². The Morgan fingerprint density at radius 2 is 1.94 bits per heavy atom. The van der Waals surface area contributed by atoms with Crippen LogP contribution < -0.4 is 5.73 Å². The van der Waals surface area contributed by atoms with E-state index in [1.807, 2.05) is 18.2 Å². The molecule has 2 N–H and O–H groups in total. The summed E-state index contributed by atoms with van der Waals surface area (Å²) in [6.07, 6.45) is 1.28. The van der Waals surface area contributed by atoms with Gasteiger partial charge in [-0.3, -0.25) is 0 Å². The lowest BCUT2D eigenvalue weighted by molar-refractivity contribution is -0.388. The van der Waals surface area contributed by atoms with Gasteiger partial charge in [0.05, 0.1) is 11.3 Å². The first-order chi connectivity index (χ1) is 7.68. The number of aromatic nitrogens is 1. The fraction of sp³-hybridized carbons (Fsp3) is 0. The van der Waals surface area contributed by atoms with Crippen LogP contribution in [0.25, 0.3) is 11.1 Å². The first-order valence-corrected chi connectivity index (χ1v) is 4.64. The summed E-state index contributed by atoms with van der Waals surface area (Å²) in [4.78, 5) is 14.0. The number of nitrogen functional groups attached to an aromatic ring is 1. The van der Waals surface area contributed by atoms with Crippen LogP contribution in [-0.2, 0) is 0 Å². The predicted molar refractivity (Wildman–Crippen MR) is 60.7 cm³/mol. The van der Waals surface area contributed by atoms with Crippen molar-refractivity contribution < 1.29 is 4.92 Å². The summed E-state index contributed by atoms with van der Waals surface area (Å²) in [5, 5.41) is 10.8. The quantitative estimate of drug-likeness (QED) is 0.615. The molecular formula is C11H9N3O2. The molecule has 0 amide bonds. The Bertz CT molecular complexity index is 526. The zero-order valence-electron chi connectivity index (χ0n) is 8.33. The zero-order chi connectivity index (χ0) is 11.5. The molecule has 0 aliphatic rings. The topological polar surface area (TPSA) is 82.0 Å². The highest BCUT2D eigenvalue weighted by Crippen LogP contribution is 2.28. The lowest BCUT2D eigenvalue weighted by atomic mass is 10.1. The van der Waals surface area contributed by atoms with Crippen LogP contribution in [0.15, 0.2) is 42.6 Å². The first-order valence-electron chi connectivity index (χ1n) is 4.64. The van der Waals surface area contributed by atoms with Crippen molar-refractivity contribution in [1.82, 2.24) is 4.98 Å². The number of hydrogen-bond acceptors (Lipinski definition) is 4. The molecule has 5 heteroatoms. The number of rotatable bonds is 2. The minimum Gasteiger partial charge on any atom is -0.396 e. The van der Waals surface area contributed by atoms with E-state index < -0.39 is 4.92 Å². The minimum atomic E-state index is -0.512. The van der Waals surface area contributed by atoms with Crippen molar-refractivity contribution in [3.8, 4) is 11.1 Å². The molecule has 16 heavy (non-hydrogen) atoms. The third kappa shape index (κ3) is 1.83. The summed E-state index contributed by atoms with van der Waals surface area (Å²) in [6, 6.07) is 10.6. The van der Waals surface area contributed by atoms with E-state index in [0.29, 0.717) is 11.3 Å². The van der Waals surface area contributed by atoms with Gasteiger partial charge in [-0.1, -0.05) is 30.3 Å². The molecule has 0 radical (unpaired) electrons. The van der Waals surface area contributed by atoms with Crippen molar-refractivity contribution in [2.24, 2.45) is 0 Å². The molecular weight excluding hydrogens is 206 g/mol. The average molecular weight is 215 g/mol. The molecule has 1 aromatic carbocycles. The van der Waals surface area contributed by atoms with E-state index in [1.165, 1.54) is 6.20 Å². The van der Waals surface area contributed by atoms with E-state index in [1.54, 1.807) is 18.2 Å². The highest BCUT2D eigenvalue weighted by atomic mass is 16.6. The third-order valence-corrected chi connectivity index (χ3v) is 2.15. The monoisotopic (exact) mass is 215 g/mol. The SMILES string of the molecule is Nc1cnc([N+](=O)[O-])c(-c2ccccc2)c1. The van der Waals surface area contributed by atoms with Crippen LogP contribution in [0.3, 0.4) is 0 Å². The average Bonchev–Trinajstić information content (AvgIpc) is 2.29. The van der Waals surface area contributed by atoms with E-state index >= 15 is 0 Å². The van der Waals surface area contributed by atoms with Gasteiger partial charge in [0.1, 0.15) is 0 Å². The molecule has 5 nitrogen and oxygen atoms in total. The molecule has 0 bridgehead atoms. The number of nitro groups is 1. The summed E-state index contributed by atoms with van der Waals surface area (Å²) in [7, 11) is 0. The van der Waals surface area contributed by atoms with Gasteiger partial charge < -0.3 is 15.8 Å². The van der Waals surface area contributed by atoms with Crippen LogP contribution >= 0.6 is 0 Å². The van der Waals surface area contributed by atoms with Crippen LogP contribution in [0, 0.1) is 10.1 Å². The highest BCUT2D eigenvalue weighted by molar-refractivity contribution is 5.73. The van der Waals surface area contributed by atoms with Crippen LogP contribution in [-0.4, -0.2) is 9.91 Å². The lowest BCUT2D eigenvalue weighted by Crippen LogP contribution is -1.97. The molecule has 1 heterocycles. The number of nitrogens with two attached hydrogens (primary N) is 1. The Morgan fingerprint density at radius 3 is 2.56 bits per heavy atom. The Kier molecular flexibility index (Phi) is 2.51. The summed E-state index contributed by atoms with van der Waals surface area (Å²) < 4.78 is 0. The van der Waals surface area contributed by atoms with Gasteiger partial charge in [-0.2, -0.15) is 0 Å². The zero-order valence-corrected chi connectivity index (χ0v) is 8.33. The van der Waals surface area contributed by atoms with Gasteiger partial charge in [0.2, 0.25) is 0 Å². The second-order valence-corrected chi connectivity index (χ2v) is 3.26. The Morgan fingerprint density at radius 1 is 1.25 bits per heavy atom. The van der Waals surface area contributed by atoms with Crippen LogP contribution in [0.4, 0.5) is 11.5 Å². The van der Waals surface area contributed by atoms with Crippen molar-refractivity contribution in [1.29, 1.82) is 0 Å². The minimum absolute atomic E-state index is 0.180. The first kappa shape index (κ1) is 10.1. The summed E-state index contributed by atoms with van der Waals surface area (Å²) in [5.74, 6) is -0.180. The summed E-state index contributed by atoms with van der Waals surface area (Å²) in [6.45, 7) is 0. The molecule has 1 aromatic heterocycles. The maximum absolute atomic E-state index is 10.8. The molecule has 0 unspecified atom stereocenters. The van der Waals surface area contributed by atoms with Gasteiger partial charge in [-0.05, 0) is 21.5 Å². The molecule has 2 aromatic rings. The number of benzene rings is 1. The molecule has 0 atom stereocenters. The standard InChI is InChI=1S/C11H9N3O2/c12-9-6-10(8-4-2-1-3-5-8)11(13-7-9)14(15)16/h1-7H,12H2. The molecule has 0 saturated carbocycles. The number of hydrogen-bond donors (Lipinski definition) is 1. The maximum Gasteiger partial charge on any atom is 0.371 e. The number of anilines is 1. The fourth-order valence-corrected chi connectivity index (χ4v) is 1.45. The molecule has 0 aliphatic carbocycles. The van der Waals surface area contributed by atoms with Crippen molar-refractivity contribution in [3.05, 3.63) is 52.7 Å². The van der Waals surface area contributed by atoms with E-state index in [-0.39, 0.29) is 5.82 Å². The van der Waals surface area contributed by atoms with E-state index in [2.05, 4.69) is 4.98 Å².